The van der Waals surface area contributed by atoms with Gasteiger partial charge in [0.2, 0.25) is 0 Å². The fraction of sp³-hybridized carbons (Fsp3) is 0.400. The van der Waals surface area contributed by atoms with Crippen molar-refractivity contribution in [2.45, 2.75) is 39.3 Å². The van der Waals surface area contributed by atoms with Gasteiger partial charge in [0.15, 0.2) is 6.61 Å². The van der Waals surface area contributed by atoms with E-state index in [0.717, 1.165) is 11.3 Å². The Morgan fingerprint density at radius 1 is 1.09 bits per heavy atom. The van der Waals surface area contributed by atoms with Crippen LogP contribution in [0.1, 0.15) is 49.2 Å². The summed E-state index contributed by atoms with van der Waals surface area (Å²) in [6, 6.07) is 13.2. The fourth-order valence-corrected chi connectivity index (χ4v) is 3.61. The number of hydrogen-bond acceptors (Lipinski definition) is 6. The van der Waals surface area contributed by atoms with Crippen molar-refractivity contribution in [3.05, 3.63) is 59.7 Å². The first-order valence-corrected chi connectivity index (χ1v) is 11.1. The van der Waals surface area contributed by atoms with Gasteiger partial charge in [-0.1, -0.05) is 44.2 Å². The van der Waals surface area contributed by atoms with Gasteiger partial charge in [0, 0.05) is 12.0 Å². The number of carbonyl (C=O) groups is 3. The minimum atomic E-state index is -0.913. The summed E-state index contributed by atoms with van der Waals surface area (Å²) in [5, 5.41) is 5.59. The van der Waals surface area contributed by atoms with Crippen LogP contribution in [0.3, 0.4) is 0 Å². The zero-order chi connectivity index (χ0) is 23.8. The summed E-state index contributed by atoms with van der Waals surface area (Å²) in [7, 11) is 0. The molecule has 8 heteroatoms. The Bertz CT molecular complexity index is 990. The molecule has 0 bridgehead atoms. The first-order valence-electron chi connectivity index (χ1n) is 11.1. The smallest absolute Gasteiger partial charge is 0.329 e. The third kappa shape index (κ3) is 6.25. The number of benzene rings is 2. The molecule has 33 heavy (non-hydrogen) atoms. The molecule has 1 heterocycles. The molecule has 0 aromatic heterocycles. The maximum absolute atomic E-state index is 12.8. The van der Waals surface area contributed by atoms with Crippen LogP contribution in [-0.2, 0) is 14.3 Å². The predicted octanol–water partition coefficient (Wildman–Crippen LogP) is 3.02. The highest BCUT2D eigenvalue weighted by atomic mass is 16.5. The maximum Gasteiger partial charge on any atom is 0.329 e. The van der Waals surface area contributed by atoms with E-state index in [1.165, 1.54) is 0 Å². The van der Waals surface area contributed by atoms with E-state index in [-0.39, 0.29) is 12.0 Å². The van der Waals surface area contributed by atoms with Crippen LogP contribution in [-0.4, -0.2) is 43.6 Å². The third-order valence-electron chi connectivity index (χ3n) is 5.28. The van der Waals surface area contributed by atoms with E-state index in [2.05, 4.69) is 10.6 Å². The van der Waals surface area contributed by atoms with Gasteiger partial charge in [-0.05, 0) is 31.0 Å². The van der Waals surface area contributed by atoms with Gasteiger partial charge in [-0.3, -0.25) is 9.59 Å². The summed E-state index contributed by atoms with van der Waals surface area (Å²) < 4.78 is 16.3. The van der Waals surface area contributed by atoms with E-state index in [0.29, 0.717) is 30.9 Å². The Morgan fingerprint density at radius 3 is 2.58 bits per heavy atom. The topological polar surface area (TPSA) is 103 Å². The lowest BCUT2D eigenvalue weighted by Crippen LogP contribution is -2.46. The number of amides is 2. The van der Waals surface area contributed by atoms with Crippen molar-refractivity contribution in [3.63, 3.8) is 0 Å². The molecule has 2 N–H and O–H groups in total. The van der Waals surface area contributed by atoms with E-state index in [1.807, 2.05) is 31.2 Å². The van der Waals surface area contributed by atoms with E-state index >= 15 is 0 Å². The number of hydrogen-bond donors (Lipinski definition) is 2. The van der Waals surface area contributed by atoms with Crippen LogP contribution in [0.25, 0.3) is 0 Å². The zero-order valence-electron chi connectivity index (χ0n) is 19.1. The average molecular weight is 455 g/mol. The average Bonchev–Trinajstić information content (AvgIpc) is 2.81. The fourth-order valence-electron chi connectivity index (χ4n) is 3.61. The van der Waals surface area contributed by atoms with Gasteiger partial charge in [-0.15, -0.1) is 0 Å². The van der Waals surface area contributed by atoms with Crippen molar-refractivity contribution in [2.75, 3.05) is 19.8 Å². The maximum atomic E-state index is 12.8. The zero-order valence-corrected chi connectivity index (χ0v) is 19.1. The highest BCUT2D eigenvalue weighted by Crippen LogP contribution is 2.31. The van der Waals surface area contributed by atoms with E-state index in [1.54, 1.807) is 38.1 Å². The first kappa shape index (κ1) is 24.1. The molecule has 2 aromatic carbocycles. The molecule has 0 spiro atoms. The van der Waals surface area contributed by atoms with E-state index in [9.17, 15) is 14.4 Å². The van der Waals surface area contributed by atoms with Crippen molar-refractivity contribution < 1.29 is 28.6 Å². The summed E-state index contributed by atoms with van der Waals surface area (Å²) >= 11 is 0. The molecule has 2 amide bonds. The van der Waals surface area contributed by atoms with Gasteiger partial charge >= 0.3 is 5.97 Å². The molecule has 2 atom stereocenters. The van der Waals surface area contributed by atoms with Gasteiger partial charge in [-0.25, -0.2) is 4.79 Å². The summed E-state index contributed by atoms with van der Waals surface area (Å²) in [5.41, 5.74) is 1.22. The van der Waals surface area contributed by atoms with Crippen LogP contribution in [0, 0.1) is 5.92 Å². The van der Waals surface area contributed by atoms with Crippen LogP contribution in [0.4, 0.5) is 0 Å². The number of fused-ring (bicyclic) bond motifs is 1. The Labute approximate surface area is 193 Å². The number of nitrogens with one attached hydrogen (secondary N) is 2. The second-order valence-electron chi connectivity index (χ2n) is 8.03. The summed E-state index contributed by atoms with van der Waals surface area (Å²) in [6.45, 7) is 5.87. The Hall–Kier alpha value is -3.55. The molecular weight excluding hydrogens is 424 g/mol. The first-order chi connectivity index (χ1) is 15.9. The minimum absolute atomic E-state index is 0.211. The van der Waals surface area contributed by atoms with E-state index < -0.39 is 30.4 Å². The summed E-state index contributed by atoms with van der Waals surface area (Å²) in [4.78, 5) is 37.9. The Balaban J connectivity index is 1.57. The largest absolute Gasteiger partial charge is 0.493 e. The molecule has 3 rings (SSSR count). The van der Waals surface area contributed by atoms with Crippen LogP contribution in [0.15, 0.2) is 48.5 Å². The molecule has 0 unspecified atom stereocenters. The second kappa shape index (κ2) is 11.4. The Morgan fingerprint density at radius 2 is 1.82 bits per heavy atom. The number of para-hydroxylation sites is 2. The molecule has 1 aliphatic heterocycles. The molecule has 0 radical (unpaired) electrons. The highest BCUT2D eigenvalue weighted by Gasteiger charge is 2.28. The second-order valence-corrected chi connectivity index (χ2v) is 8.03. The van der Waals surface area contributed by atoms with Gasteiger partial charge in [0.05, 0.1) is 24.8 Å². The van der Waals surface area contributed by atoms with Crippen molar-refractivity contribution in [2.24, 2.45) is 5.92 Å². The standard InChI is InChI=1S/C25H30N2O6/c1-4-31-21-12-8-6-10-18(21)24(29)27-23(16(2)3)25(30)33-15-22(28)26-19-13-14-32-20-11-7-5-9-17(19)20/h5-12,16,19,23H,4,13-15H2,1-3H3,(H,26,28)(H,27,29)/t19-,23-/m1/s1. The molecule has 0 aliphatic carbocycles. The third-order valence-corrected chi connectivity index (χ3v) is 5.28. The number of carbonyl (C=O) groups excluding carboxylic acids is 3. The molecule has 0 saturated carbocycles. The molecule has 0 fully saturated rings. The van der Waals surface area contributed by atoms with Crippen molar-refractivity contribution in [1.29, 1.82) is 0 Å². The molecular formula is C25H30N2O6. The quantitative estimate of drug-likeness (QED) is 0.565. The van der Waals surface area contributed by atoms with Crippen molar-refractivity contribution in [1.82, 2.24) is 10.6 Å². The monoisotopic (exact) mass is 454 g/mol. The van der Waals surface area contributed by atoms with E-state index in [4.69, 9.17) is 14.2 Å². The number of esters is 1. The number of ether oxygens (including phenoxy) is 3. The molecule has 8 nitrogen and oxygen atoms in total. The lowest BCUT2D eigenvalue weighted by Gasteiger charge is -2.26. The molecule has 2 aromatic rings. The van der Waals surface area contributed by atoms with Gasteiger partial charge in [0.25, 0.3) is 11.8 Å². The highest BCUT2D eigenvalue weighted by molar-refractivity contribution is 5.99. The Kier molecular flexibility index (Phi) is 8.29. The SMILES string of the molecule is CCOc1ccccc1C(=O)N[C@@H](C(=O)OCC(=O)N[C@@H]1CCOc2ccccc21)C(C)C. The van der Waals surface area contributed by atoms with Crippen LogP contribution in [0.2, 0.25) is 0 Å². The lowest BCUT2D eigenvalue weighted by atomic mass is 10.0. The normalized spacial score (nSPS) is 15.6. The van der Waals surface area contributed by atoms with Crippen molar-refractivity contribution >= 4 is 17.8 Å². The number of rotatable bonds is 9. The molecule has 176 valence electrons. The van der Waals surface area contributed by atoms with Crippen molar-refractivity contribution in [3.8, 4) is 11.5 Å². The minimum Gasteiger partial charge on any atom is -0.493 e. The van der Waals surface area contributed by atoms with Gasteiger partial charge in [0.1, 0.15) is 17.5 Å². The van der Waals surface area contributed by atoms with Gasteiger partial charge < -0.3 is 24.8 Å². The molecule has 0 saturated heterocycles. The van der Waals surface area contributed by atoms with Crippen LogP contribution < -0.4 is 20.1 Å². The summed E-state index contributed by atoms with van der Waals surface area (Å²) in [6.07, 6.45) is 0.626. The van der Waals surface area contributed by atoms with Gasteiger partial charge in [-0.2, -0.15) is 0 Å². The van der Waals surface area contributed by atoms with Crippen LogP contribution in [0.5, 0.6) is 11.5 Å². The lowest BCUT2D eigenvalue weighted by molar-refractivity contribution is -0.151. The molecule has 1 aliphatic rings. The predicted molar refractivity (Wildman–Crippen MR) is 122 cm³/mol. The van der Waals surface area contributed by atoms with Crippen LogP contribution >= 0.6 is 0 Å². The summed E-state index contributed by atoms with van der Waals surface area (Å²) in [5.74, 6) is -0.607.